The molecular weight excluding hydrogens is 448 g/mol. The number of non-ortho nitro benzene ring substituents is 1. The molecule has 3 aromatic rings. The van der Waals surface area contributed by atoms with E-state index in [0.29, 0.717) is 48.8 Å². The molecule has 2 aromatic carbocycles. The molecule has 0 radical (unpaired) electrons. The van der Waals surface area contributed by atoms with Gasteiger partial charge in [0.05, 0.1) is 35.0 Å². The second-order valence-electron chi connectivity index (χ2n) is 8.85. The molecule has 1 amide bonds. The molecule has 3 rings (SSSR count). The number of methoxy groups -OCH3 is 1. The minimum absolute atomic E-state index is 0.145. The van der Waals surface area contributed by atoms with Crippen LogP contribution in [0.15, 0.2) is 53.3 Å². The number of carbonyl (C=O) groups is 1. The van der Waals surface area contributed by atoms with Crippen molar-refractivity contribution in [1.82, 2.24) is 14.5 Å². The molecule has 0 N–H and O–H groups in total. The van der Waals surface area contributed by atoms with Crippen molar-refractivity contribution in [3.05, 3.63) is 80.4 Å². The zero-order valence-electron chi connectivity index (χ0n) is 20.6. The highest BCUT2D eigenvalue weighted by Crippen LogP contribution is 2.27. The summed E-state index contributed by atoms with van der Waals surface area (Å²) in [5, 5.41) is 11.8. The van der Waals surface area contributed by atoms with E-state index in [1.807, 2.05) is 13.0 Å². The number of nitro groups is 1. The summed E-state index contributed by atoms with van der Waals surface area (Å²) < 4.78 is 6.83. The number of carbonyl (C=O) groups excluding carboxylic acids is 1. The third kappa shape index (κ3) is 5.92. The van der Waals surface area contributed by atoms with Crippen LogP contribution in [0.25, 0.3) is 10.9 Å². The zero-order valence-corrected chi connectivity index (χ0v) is 20.6. The fraction of sp³-hybridized carbons (Fsp3) is 0.423. The van der Waals surface area contributed by atoms with Crippen molar-refractivity contribution in [1.29, 1.82) is 0 Å². The topological polar surface area (TPSA) is 108 Å². The first-order chi connectivity index (χ1) is 16.8. The van der Waals surface area contributed by atoms with Gasteiger partial charge >= 0.3 is 0 Å². The lowest BCUT2D eigenvalue weighted by Crippen LogP contribution is -2.40. The SMILES string of the molecule is CCC(c1nc2ccccc2c(=O)n1CCOC)N(CCC(C)C)C(=O)c1cccc([N+](=O)[O-])c1. The number of para-hydroxylation sites is 1. The van der Waals surface area contributed by atoms with Gasteiger partial charge in [-0.05, 0) is 37.0 Å². The van der Waals surface area contributed by atoms with Gasteiger partial charge < -0.3 is 9.64 Å². The largest absolute Gasteiger partial charge is 0.383 e. The predicted octanol–water partition coefficient (Wildman–Crippen LogP) is 4.59. The fourth-order valence-electron chi connectivity index (χ4n) is 4.10. The molecular formula is C26H32N4O5. The van der Waals surface area contributed by atoms with Crippen LogP contribution in [-0.4, -0.2) is 45.5 Å². The van der Waals surface area contributed by atoms with E-state index < -0.39 is 11.0 Å². The standard InChI is InChI=1S/C26H32N4O5/c1-5-23(24-27-22-12-7-6-11-21(22)26(32)29(24)15-16-35-4)28(14-13-18(2)3)25(31)19-9-8-10-20(17-19)30(33)34/h6-12,17-18,23H,5,13-16H2,1-4H3. The summed E-state index contributed by atoms with van der Waals surface area (Å²) in [6.07, 6.45) is 1.24. The van der Waals surface area contributed by atoms with Crippen LogP contribution in [-0.2, 0) is 11.3 Å². The molecule has 1 aromatic heterocycles. The Morgan fingerprint density at radius 1 is 1.20 bits per heavy atom. The highest BCUT2D eigenvalue weighted by Gasteiger charge is 2.30. The summed E-state index contributed by atoms with van der Waals surface area (Å²) in [4.78, 5) is 44.5. The van der Waals surface area contributed by atoms with E-state index in [1.54, 1.807) is 40.8 Å². The Bertz CT molecular complexity index is 1250. The third-order valence-electron chi connectivity index (χ3n) is 5.98. The zero-order chi connectivity index (χ0) is 25.5. The molecule has 0 fully saturated rings. The number of benzene rings is 2. The quantitative estimate of drug-likeness (QED) is 0.293. The van der Waals surface area contributed by atoms with E-state index in [0.717, 1.165) is 6.42 Å². The van der Waals surface area contributed by atoms with Gasteiger partial charge in [-0.1, -0.05) is 39.0 Å². The van der Waals surface area contributed by atoms with Crippen LogP contribution in [0.2, 0.25) is 0 Å². The van der Waals surface area contributed by atoms with Crippen LogP contribution in [0.5, 0.6) is 0 Å². The number of nitro benzene ring substituents is 1. The molecule has 0 spiro atoms. The fourth-order valence-corrected chi connectivity index (χ4v) is 4.10. The van der Waals surface area contributed by atoms with E-state index in [1.165, 1.54) is 18.2 Å². The summed E-state index contributed by atoms with van der Waals surface area (Å²) in [6, 6.07) is 12.4. The minimum atomic E-state index is -0.514. The summed E-state index contributed by atoms with van der Waals surface area (Å²) in [5.41, 5.74) is 0.459. The van der Waals surface area contributed by atoms with E-state index in [4.69, 9.17) is 9.72 Å². The molecule has 35 heavy (non-hydrogen) atoms. The smallest absolute Gasteiger partial charge is 0.270 e. The summed E-state index contributed by atoms with van der Waals surface area (Å²) in [5.74, 6) is 0.478. The second-order valence-corrected chi connectivity index (χ2v) is 8.85. The molecule has 9 heteroatoms. The molecule has 0 saturated carbocycles. The Morgan fingerprint density at radius 3 is 2.60 bits per heavy atom. The molecule has 0 aliphatic rings. The van der Waals surface area contributed by atoms with Crippen molar-refractivity contribution in [2.75, 3.05) is 20.3 Å². The lowest BCUT2D eigenvalue weighted by molar-refractivity contribution is -0.384. The second kappa shape index (κ2) is 11.7. The average Bonchev–Trinajstić information content (AvgIpc) is 2.85. The van der Waals surface area contributed by atoms with Gasteiger partial charge in [-0.25, -0.2) is 4.98 Å². The molecule has 1 atom stereocenters. The average molecular weight is 481 g/mol. The van der Waals surface area contributed by atoms with Crippen molar-refractivity contribution in [2.45, 2.75) is 46.2 Å². The molecule has 0 aliphatic carbocycles. The Balaban J connectivity index is 2.16. The number of hydrogen-bond acceptors (Lipinski definition) is 6. The Hall–Kier alpha value is -3.59. The van der Waals surface area contributed by atoms with Crippen LogP contribution in [0, 0.1) is 16.0 Å². The van der Waals surface area contributed by atoms with Crippen molar-refractivity contribution < 1.29 is 14.5 Å². The van der Waals surface area contributed by atoms with E-state index in [-0.39, 0.29) is 22.7 Å². The summed E-state index contributed by atoms with van der Waals surface area (Å²) in [6.45, 7) is 7.11. The van der Waals surface area contributed by atoms with Gasteiger partial charge in [0, 0.05) is 31.4 Å². The number of rotatable bonds is 11. The van der Waals surface area contributed by atoms with Crippen LogP contribution >= 0.6 is 0 Å². The molecule has 0 bridgehead atoms. The summed E-state index contributed by atoms with van der Waals surface area (Å²) in [7, 11) is 1.57. The van der Waals surface area contributed by atoms with Gasteiger partial charge in [-0.3, -0.25) is 24.3 Å². The van der Waals surface area contributed by atoms with E-state index in [9.17, 15) is 19.7 Å². The van der Waals surface area contributed by atoms with Crippen LogP contribution < -0.4 is 5.56 Å². The summed E-state index contributed by atoms with van der Waals surface area (Å²) >= 11 is 0. The van der Waals surface area contributed by atoms with Gasteiger partial charge in [0.25, 0.3) is 17.2 Å². The van der Waals surface area contributed by atoms with E-state index >= 15 is 0 Å². The van der Waals surface area contributed by atoms with Crippen molar-refractivity contribution >= 4 is 22.5 Å². The number of nitrogens with zero attached hydrogens (tertiary/aromatic N) is 4. The maximum absolute atomic E-state index is 13.7. The third-order valence-corrected chi connectivity index (χ3v) is 5.98. The van der Waals surface area contributed by atoms with Gasteiger partial charge in [0.1, 0.15) is 5.82 Å². The number of ether oxygens (including phenoxy) is 1. The van der Waals surface area contributed by atoms with Crippen LogP contribution in [0.3, 0.4) is 0 Å². The lowest BCUT2D eigenvalue weighted by Gasteiger charge is -2.33. The van der Waals surface area contributed by atoms with Gasteiger partial charge in [-0.2, -0.15) is 0 Å². The van der Waals surface area contributed by atoms with Crippen LogP contribution in [0.4, 0.5) is 5.69 Å². The monoisotopic (exact) mass is 480 g/mol. The number of aromatic nitrogens is 2. The number of amides is 1. The lowest BCUT2D eigenvalue weighted by atomic mass is 10.0. The Labute approximate surface area is 204 Å². The van der Waals surface area contributed by atoms with Crippen molar-refractivity contribution in [2.24, 2.45) is 5.92 Å². The van der Waals surface area contributed by atoms with E-state index in [2.05, 4.69) is 13.8 Å². The first kappa shape index (κ1) is 26.0. The normalized spacial score (nSPS) is 12.1. The molecule has 1 unspecified atom stereocenters. The molecule has 9 nitrogen and oxygen atoms in total. The van der Waals surface area contributed by atoms with Crippen molar-refractivity contribution in [3.8, 4) is 0 Å². The first-order valence-electron chi connectivity index (χ1n) is 11.8. The molecule has 0 saturated heterocycles. The Kier molecular flexibility index (Phi) is 8.70. The van der Waals surface area contributed by atoms with Crippen molar-refractivity contribution in [3.63, 3.8) is 0 Å². The molecule has 186 valence electrons. The Morgan fingerprint density at radius 2 is 1.94 bits per heavy atom. The van der Waals surface area contributed by atoms with Gasteiger partial charge in [0.2, 0.25) is 0 Å². The van der Waals surface area contributed by atoms with Gasteiger partial charge in [-0.15, -0.1) is 0 Å². The predicted molar refractivity (Wildman–Crippen MR) is 134 cm³/mol. The van der Waals surface area contributed by atoms with Crippen LogP contribution in [0.1, 0.15) is 55.8 Å². The number of fused-ring (bicyclic) bond motifs is 1. The molecule has 0 aliphatic heterocycles. The van der Waals surface area contributed by atoms with Gasteiger partial charge in [0.15, 0.2) is 0 Å². The minimum Gasteiger partial charge on any atom is -0.383 e. The number of hydrogen-bond donors (Lipinski definition) is 0. The molecule has 1 heterocycles. The first-order valence-corrected chi connectivity index (χ1v) is 11.8. The maximum atomic E-state index is 13.7. The highest BCUT2D eigenvalue weighted by atomic mass is 16.6. The highest BCUT2D eigenvalue weighted by molar-refractivity contribution is 5.95. The maximum Gasteiger partial charge on any atom is 0.270 e.